The molecule has 1 heterocycles. The van der Waals surface area contributed by atoms with E-state index >= 15 is 0 Å². The highest BCUT2D eigenvalue weighted by Crippen LogP contribution is 2.30. The van der Waals surface area contributed by atoms with Crippen molar-refractivity contribution in [3.05, 3.63) is 49.5 Å². The maximum Gasteiger partial charge on any atom is 0.0945 e. The molecule has 20 heavy (non-hydrogen) atoms. The normalized spacial score (nSPS) is 12.3. The van der Waals surface area contributed by atoms with Crippen molar-refractivity contribution in [2.24, 2.45) is 0 Å². The van der Waals surface area contributed by atoms with Crippen LogP contribution in [0, 0.1) is 0 Å². The molecule has 2 rings (SSSR count). The number of ether oxygens (including phenoxy) is 1. The summed E-state index contributed by atoms with van der Waals surface area (Å²) in [6.07, 6.45) is -0.547. The molecule has 3 nitrogen and oxygen atoms in total. The first-order valence-corrected chi connectivity index (χ1v) is 8.59. The smallest absolute Gasteiger partial charge is 0.0945 e. The first kappa shape index (κ1) is 16.0. The third kappa shape index (κ3) is 4.86. The fraction of sp³-hybridized carbons (Fsp3) is 0.286. The molecule has 1 aromatic heterocycles. The Hall–Kier alpha value is -0.400. The molecular weight excluding hydrogens is 406 g/mol. The lowest BCUT2D eigenvalue weighted by Crippen LogP contribution is -2.25. The summed E-state index contributed by atoms with van der Waals surface area (Å²) in [5.74, 6) is 0. The number of halogens is 2. The topological polar surface area (TPSA) is 41.5 Å². The van der Waals surface area contributed by atoms with Crippen LogP contribution in [0.15, 0.2) is 44.7 Å². The van der Waals surface area contributed by atoms with Gasteiger partial charge in [0.1, 0.15) is 0 Å². The van der Waals surface area contributed by atoms with Gasteiger partial charge in [-0.25, -0.2) is 0 Å². The molecule has 0 saturated carbocycles. The van der Waals surface area contributed by atoms with E-state index in [1.54, 1.807) is 11.3 Å². The molecule has 0 aliphatic heterocycles. The lowest BCUT2D eigenvalue weighted by molar-refractivity contribution is 0.0359. The van der Waals surface area contributed by atoms with Crippen LogP contribution in [0.25, 0.3) is 0 Å². The van der Waals surface area contributed by atoms with Gasteiger partial charge in [-0.1, -0.05) is 12.1 Å². The van der Waals surface area contributed by atoms with Crippen molar-refractivity contribution in [3.8, 4) is 0 Å². The minimum atomic E-state index is -0.547. The zero-order valence-electron chi connectivity index (χ0n) is 10.7. The van der Waals surface area contributed by atoms with Gasteiger partial charge in [-0.3, -0.25) is 0 Å². The quantitative estimate of drug-likeness (QED) is 0.702. The second-order valence-corrected chi connectivity index (χ2v) is 6.97. The number of para-hydroxylation sites is 1. The average Bonchev–Trinajstić information content (AvgIpc) is 2.91. The maximum absolute atomic E-state index is 9.91. The zero-order chi connectivity index (χ0) is 14.4. The number of benzene rings is 1. The molecule has 0 amide bonds. The van der Waals surface area contributed by atoms with Crippen molar-refractivity contribution < 1.29 is 9.84 Å². The van der Waals surface area contributed by atoms with Gasteiger partial charge < -0.3 is 15.2 Å². The van der Waals surface area contributed by atoms with Crippen LogP contribution in [0.3, 0.4) is 0 Å². The van der Waals surface area contributed by atoms with Gasteiger partial charge >= 0.3 is 0 Å². The highest BCUT2D eigenvalue weighted by molar-refractivity contribution is 9.11. The van der Waals surface area contributed by atoms with Crippen molar-refractivity contribution >= 4 is 48.9 Å². The predicted molar refractivity (Wildman–Crippen MR) is 90.3 cm³/mol. The highest BCUT2D eigenvalue weighted by atomic mass is 79.9. The Morgan fingerprint density at radius 3 is 2.60 bits per heavy atom. The third-order valence-electron chi connectivity index (χ3n) is 2.61. The van der Waals surface area contributed by atoms with E-state index < -0.39 is 6.10 Å². The van der Waals surface area contributed by atoms with Gasteiger partial charge in [-0.2, -0.15) is 0 Å². The Morgan fingerprint density at radius 2 is 1.95 bits per heavy atom. The molecule has 0 saturated heterocycles. The van der Waals surface area contributed by atoms with Crippen molar-refractivity contribution in [2.75, 3.05) is 18.5 Å². The van der Waals surface area contributed by atoms with Gasteiger partial charge in [-0.05, 0) is 55.4 Å². The van der Waals surface area contributed by atoms with E-state index in [1.165, 1.54) is 4.88 Å². The molecule has 2 N–H and O–H groups in total. The number of aliphatic hydroxyl groups is 1. The lowest BCUT2D eigenvalue weighted by atomic mass is 10.3. The number of hydrogen-bond donors (Lipinski definition) is 2. The van der Waals surface area contributed by atoms with Gasteiger partial charge in [0, 0.05) is 20.4 Å². The summed E-state index contributed by atoms with van der Waals surface area (Å²) in [5, 5.41) is 15.1. The molecule has 0 aliphatic carbocycles. The van der Waals surface area contributed by atoms with Gasteiger partial charge in [0.25, 0.3) is 0 Å². The van der Waals surface area contributed by atoms with E-state index in [9.17, 15) is 5.11 Å². The Labute approximate surface area is 139 Å². The van der Waals surface area contributed by atoms with Gasteiger partial charge in [-0.15, -0.1) is 11.3 Å². The number of anilines is 1. The van der Waals surface area contributed by atoms with E-state index in [1.807, 2.05) is 35.7 Å². The summed E-state index contributed by atoms with van der Waals surface area (Å²) in [7, 11) is 0. The molecule has 0 aliphatic rings. The van der Waals surface area contributed by atoms with Crippen molar-refractivity contribution in [3.63, 3.8) is 0 Å². The molecule has 0 fully saturated rings. The first-order chi connectivity index (χ1) is 9.66. The van der Waals surface area contributed by atoms with E-state index in [0.717, 1.165) is 14.6 Å². The minimum Gasteiger partial charge on any atom is -0.389 e. The predicted octanol–water partition coefficient (Wildman–Crippen LogP) is 4.26. The standard InChI is InChI=1S/C14H15Br2NO2S/c15-12-4-1-5-13(16)14(12)17-7-10(18)8-19-9-11-3-2-6-20-11/h1-6,10,17-18H,7-9H2. The van der Waals surface area contributed by atoms with Crippen LogP contribution in [-0.2, 0) is 11.3 Å². The molecule has 0 spiro atoms. The largest absolute Gasteiger partial charge is 0.389 e. The van der Waals surface area contributed by atoms with Gasteiger partial charge in [0.05, 0.1) is 25.0 Å². The molecule has 1 aromatic carbocycles. The molecule has 0 bridgehead atoms. The van der Waals surface area contributed by atoms with Crippen molar-refractivity contribution in [2.45, 2.75) is 12.7 Å². The SMILES string of the molecule is OC(CNc1c(Br)cccc1Br)COCc1cccs1. The fourth-order valence-corrected chi connectivity index (χ4v) is 3.55. The van der Waals surface area contributed by atoms with Crippen LogP contribution in [0.2, 0.25) is 0 Å². The molecular formula is C14H15Br2NO2S. The summed E-state index contributed by atoms with van der Waals surface area (Å²) in [6, 6.07) is 9.86. The minimum absolute atomic E-state index is 0.312. The van der Waals surface area contributed by atoms with E-state index in [4.69, 9.17) is 4.74 Å². The molecule has 2 aromatic rings. The van der Waals surface area contributed by atoms with E-state index in [2.05, 4.69) is 37.2 Å². The number of aliphatic hydroxyl groups excluding tert-OH is 1. The number of hydrogen-bond acceptors (Lipinski definition) is 4. The average molecular weight is 421 g/mol. The second kappa shape index (κ2) is 8.14. The Bertz CT molecular complexity index is 514. The number of rotatable bonds is 7. The molecule has 0 radical (unpaired) electrons. The highest BCUT2D eigenvalue weighted by Gasteiger charge is 2.08. The molecule has 1 atom stereocenters. The van der Waals surface area contributed by atoms with Crippen LogP contribution < -0.4 is 5.32 Å². The fourth-order valence-electron chi connectivity index (χ4n) is 1.64. The van der Waals surface area contributed by atoms with Crippen LogP contribution in [0.1, 0.15) is 4.88 Å². The monoisotopic (exact) mass is 419 g/mol. The first-order valence-electron chi connectivity index (χ1n) is 6.13. The number of nitrogens with one attached hydrogen (secondary N) is 1. The lowest BCUT2D eigenvalue weighted by Gasteiger charge is -2.15. The van der Waals surface area contributed by atoms with Crippen LogP contribution >= 0.6 is 43.2 Å². The number of thiophene rings is 1. The summed E-state index contributed by atoms with van der Waals surface area (Å²) >= 11 is 8.60. The van der Waals surface area contributed by atoms with Gasteiger partial charge in [0.2, 0.25) is 0 Å². The Morgan fingerprint density at radius 1 is 1.20 bits per heavy atom. The molecule has 108 valence electrons. The van der Waals surface area contributed by atoms with Crippen LogP contribution in [-0.4, -0.2) is 24.4 Å². The van der Waals surface area contributed by atoms with Crippen molar-refractivity contribution in [1.82, 2.24) is 0 Å². The molecule has 1 unspecified atom stereocenters. The van der Waals surface area contributed by atoms with E-state index in [0.29, 0.717) is 19.8 Å². The maximum atomic E-state index is 9.91. The van der Waals surface area contributed by atoms with Crippen LogP contribution in [0.5, 0.6) is 0 Å². The van der Waals surface area contributed by atoms with E-state index in [-0.39, 0.29) is 0 Å². The summed E-state index contributed by atoms with van der Waals surface area (Å²) < 4.78 is 7.40. The molecule has 6 heteroatoms. The summed E-state index contributed by atoms with van der Waals surface area (Å²) in [5.41, 5.74) is 0.935. The summed E-state index contributed by atoms with van der Waals surface area (Å²) in [6.45, 7) is 1.30. The second-order valence-electron chi connectivity index (χ2n) is 4.23. The Kier molecular flexibility index (Phi) is 6.51. The summed E-state index contributed by atoms with van der Waals surface area (Å²) in [4.78, 5) is 1.17. The van der Waals surface area contributed by atoms with Crippen molar-refractivity contribution in [1.29, 1.82) is 0 Å². The third-order valence-corrected chi connectivity index (χ3v) is 4.78. The van der Waals surface area contributed by atoms with Gasteiger partial charge in [0.15, 0.2) is 0 Å². The zero-order valence-corrected chi connectivity index (χ0v) is 14.7. The van der Waals surface area contributed by atoms with Crippen LogP contribution in [0.4, 0.5) is 5.69 Å². The Balaban J connectivity index is 1.73.